The zero-order chi connectivity index (χ0) is 17.7. The van der Waals surface area contributed by atoms with E-state index in [0.29, 0.717) is 17.0 Å². The van der Waals surface area contributed by atoms with Gasteiger partial charge in [0.2, 0.25) is 0 Å². The van der Waals surface area contributed by atoms with Crippen LogP contribution in [-0.2, 0) is 0 Å². The third-order valence-corrected chi connectivity index (χ3v) is 4.19. The van der Waals surface area contributed by atoms with Crippen molar-refractivity contribution in [2.45, 2.75) is 39.7 Å². The standard InChI is InChI=1S/C21H24N2O/c1-14(2)17-9-11-18(12-10-17)20(15(3)4)23-21(24)19-7-5-16(13-22)6-8-19/h5-12,14-15,20H,1-4H3,(H,23,24)/t20-/m1/s1. The predicted molar refractivity (Wildman–Crippen MR) is 96.7 cm³/mol. The van der Waals surface area contributed by atoms with E-state index in [0.717, 1.165) is 5.56 Å². The summed E-state index contributed by atoms with van der Waals surface area (Å²) in [6, 6.07) is 17.2. The molecule has 3 heteroatoms. The van der Waals surface area contributed by atoms with E-state index in [-0.39, 0.29) is 17.9 Å². The summed E-state index contributed by atoms with van der Waals surface area (Å²) in [7, 11) is 0. The molecular formula is C21H24N2O. The van der Waals surface area contributed by atoms with Gasteiger partial charge in [-0.1, -0.05) is 52.0 Å². The molecule has 0 heterocycles. The van der Waals surface area contributed by atoms with Crippen molar-refractivity contribution in [3.8, 4) is 6.07 Å². The van der Waals surface area contributed by atoms with Crippen LogP contribution in [0.5, 0.6) is 0 Å². The minimum Gasteiger partial charge on any atom is -0.345 e. The third kappa shape index (κ3) is 4.23. The highest BCUT2D eigenvalue weighted by Gasteiger charge is 2.19. The first-order chi connectivity index (χ1) is 11.4. The summed E-state index contributed by atoms with van der Waals surface area (Å²) in [4.78, 5) is 12.5. The molecule has 0 saturated heterocycles. The van der Waals surface area contributed by atoms with Gasteiger partial charge in [0.25, 0.3) is 5.91 Å². The van der Waals surface area contributed by atoms with E-state index in [1.807, 2.05) is 0 Å². The van der Waals surface area contributed by atoms with Gasteiger partial charge in [0.1, 0.15) is 0 Å². The summed E-state index contributed by atoms with van der Waals surface area (Å²) >= 11 is 0. The van der Waals surface area contributed by atoms with Crippen LogP contribution >= 0.6 is 0 Å². The fraction of sp³-hybridized carbons (Fsp3) is 0.333. The van der Waals surface area contributed by atoms with Gasteiger partial charge < -0.3 is 5.32 Å². The smallest absolute Gasteiger partial charge is 0.251 e. The molecule has 2 rings (SSSR count). The Labute approximate surface area is 144 Å². The number of nitrogens with one attached hydrogen (secondary N) is 1. The quantitative estimate of drug-likeness (QED) is 0.859. The number of nitriles is 1. The van der Waals surface area contributed by atoms with Gasteiger partial charge in [0, 0.05) is 5.56 Å². The van der Waals surface area contributed by atoms with Crippen molar-refractivity contribution >= 4 is 5.91 Å². The highest BCUT2D eigenvalue weighted by Crippen LogP contribution is 2.24. The van der Waals surface area contributed by atoms with E-state index in [1.54, 1.807) is 24.3 Å². The summed E-state index contributed by atoms with van der Waals surface area (Å²) in [6.07, 6.45) is 0. The van der Waals surface area contributed by atoms with Gasteiger partial charge in [-0.05, 0) is 47.2 Å². The summed E-state index contributed by atoms with van der Waals surface area (Å²) in [5, 5.41) is 12.0. The molecular weight excluding hydrogens is 296 g/mol. The van der Waals surface area contributed by atoms with Crippen molar-refractivity contribution in [2.75, 3.05) is 0 Å². The molecule has 0 radical (unpaired) electrons. The second-order valence-electron chi connectivity index (χ2n) is 6.71. The average Bonchev–Trinajstić information content (AvgIpc) is 2.59. The van der Waals surface area contributed by atoms with Crippen LogP contribution < -0.4 is 5.32 Å². The van der Waals surface area contributed by atoms with Gasteiger partial charge in [-0.3, -0.25) is 4.79 Å². The van der Waals surface area contributed by atoms with Gasteiger partial charge in [-0.15, -0.1) is 0 Å². The first kappa shape index (κ1) is 17.7. The Hall–Kier alpha value is -2.60. The molecule has 0 spiro atoms. The largest absolute Gasteiger partial charge is 0.345 e. The van der Waals surface area contributed by atoms with Crippen LogP contribution in [0.15, 0.2) is 48.5 Å². The molecule has 2 aromatic rings. The number of hydrogen-bond donors (Lipinski definition) is 1. The van der Waals surface area contributed by atoms with Crippen molar-refractivity contribution in [3.05, 3.63) is 70.8 Å². The van der Waals surface area contributed by atoms with Crippen LogP contribution in [0.4, 0.5) is 0 Å². The SMILES string of the molecule is CC(C)c1ccc([C@H](NC(=O)c2ccc(C#N)cc2)C(C)C)cc1. The number of hydrogen-bond acceptors (Lipinski definition) is 2. The molecule has 2 aromatic carbocycles. The Morgan fingerprint density at radius 3 is 1.92 bits per heavy atom. The van der Waals surface area contributed by atoms with Gasteiger partial charge >= 0.3 is 0 Å². The number of carbonyl (C=O) groups excluding carboxylic acids is 1. The molecule has 3 nitrogen and oxygen atoms in total. The highest BCUT2D eigenvalue weighted by molar-refractivity contribution is 5.94. The summed E-state index contributed by atoms with van der Waals surface area (Å²) in [5.41, 5.74) is 3.52. The Kier molecular flexibility index (Phi) is 5.76. The average molecular weight is 320 g/mol. The van der Waals surface area contributed by atoms with E-state index < -0.39 is 0 Å². The summed E-state index contributed by atoms with van der Waals surface area (Å²) < 4.78 is 0. The number of rotatable bonds is 5. The Morgan fingerprint density at radius 2 is 1.46 bits per heavy atom. The van der Waals surface area contributed by atoms with Crippen molar-refractivity contribution in [1.82, 2.24) is 5.32 Å². The lowest BCUT2D eigenvalue weighted by Crippen LogP contribution is -2.31. The van der Waals surface area contributed by atoms with Crippen LogP contribution in [0.3, 0.4) is 0 Å². The van der Waals surface area contributed by atoms with Crippen LogP contribution in [-0.4, -0.2) is 5.91 Å². The minimum atomic E-state index is -0.119. The number of amides is 1. The lowest BCUT2D eigenvalue weighted by atomic mass is 9.93. The lowest BCUT2D eigenvalue weighted by molar-refractivity contribution is 0.0925. The van der Waals surface area contributed by atoms with Crippen molar-refractivity contribution in [3.63, 3.8) is 0 Å². The molecule has 124 valence electrons. The molecule has 1 N–H and O–H groups in total. The van der Waals surface area contributed by atoms with Crippen LogP contribution in [0.1, 0.15) is 66.7 Å². The topological polar surface area (TPSA) is 52.9 Å². The van der Waals surface area contributed by atoms with E-state index in [4.69, 9.17) is 5.26 Å². The fourth-order valence-electron chi connectivity index (χ4n) is 2.64. The molecule has 0 aliphatic rings. The van der Waals surface area contributed by atoms with Crippen molar-refractivity contribution in [1.29, 1.82) is 5.26 Å². The maximum absolute atomic E-state index is 12.5. The van der Waals surface area contributed by atoms with Gasteiger partial charge in [-0.25, -0.2) is 0 Å². The monoisotopic (exact) mass is 320 g/mol. The first-order valence-corrected chi connectivity index (χ1v) is 8.33. The lowest BCUT2D eigenvalue weighted by Gasteiger charge is -2.23. The molecule has 0 bridgehead atoms. The summed E-state index contributed by atoms with van der Waals surface area (Å²) in [5.74, 6) is 0.646. The Morgan fingerprint density at radius 1 is 0.917 bits per heavy atom. The molecule has 24 heavy (non-hydrogen) atoms. The maximum atomic E-state index is 12.5. The fourth-order valence-corrected chi connectivity index (χ4v) is 2.64. The first-order valence-electron chi connectivity index (χ1n) is 8.33. The third-order valence-electron chi connectivity index (χ3n) is 4.19. The van der Waals surface area contributed by atoms with Gasteiger partial charge in [-0.2, -0.15) is 5.26 Å². The maximum Gasteiger partial charge on any atom is 0.251 e. The minimum absolute atomic E-state index is 0.0469. The molecule has 0 unspecified atom stereocenters. The highest BCUT2D eigenvalue weighted by atomic mass is 16.1. The second kappa shape index (κ2) is 7.79. The second-order valence-corrected chi connectivity index (χ2v) is 6.71. The van der Waals surface area contributed by atoms with E-state index in [2.05, 4.69) is 63.3 Å². The zero-order valence-corrected chi connectivity index (χ0v) is 14.7. The van der Waals surface area contributed by atoms with Crippen LogP contribution in [0, 0.1) is 17.2 Å². The van der Waals surface area contributed by atoms with Gasteiger partial charge in [0.15, 0.2) is 0 Å². The molecule has 0 aliphatic carbocycles. The van der Waals surface area contributed by atoms with Crippen LogP contribution in [0.2, 0.25) is 0 Å². The van der Waals surface area contributed by atoms with Crippen molar-refractivity contribution in [2.24, 2.45) is 5.92 Å². The van der Waals surface area contributed by atoms with E-state index in [9.17, 15) is 4.79 Å². The normalized spacial score (nSPS) is 12.0. The van der Waals surface area contributed by atoms with Crippen LogP contribution in [0.25, 0.3) is 0 Å². The van der Waals surface area contributed by atoms with Gasteiger partial charge in [0.05, 0.1) is 17.7 Å². The molecule has 0 aromatic heterocycles. The van der Waals surface area contributed by atoms with E-state index >= 15 is 0 Å². The molecule has 0 fully saturated rings. The summed E-state index contributed by atoms with van der Waals surface area (Å²) in [6.45, 7) is 8.53. The predicted octanol–water partition coefficient (Wildman–Crippen LogP) is 4.81. The molecule has 0 saturated carbocycles. The molecule has 0 aliphatic heterocycles. The zero-order valence-electron chi connectivity index (χ0n) is 14.7. The molecule has 1 amide bonds. The molecule has 1 atom stereocenters. The number of nitrogens with zero attached hydrogens (tertiary/aromatic N) is 1. The van der Waals surface area contributed by atoms with Crippen molar-refractivity contribution < 1.29 is 4.79 Å². The Bertz CT molecular complexity index is 722. The number of benzene rings is 2. The number of carbonyl (C=O) groups is 1. The Balaban J connectivity index is 2.18. The van der Waals surface area contributed by atoms with E-state index in [1.165, 1.54) is 5.56 Å².